The monoisotopic (exact) mass is 299 g/mol. The van der Waals surface area contributed by atoms with Crippen molar-refractivity contribution in [2.75, 3.05) is 0 Å². The molecule has 0 fully saturated rings. The second kappa shape index (κ2) is 5.15. The lowest BCUT2D eigenvalue weighted by molar-refractivity contribution is 0.600. The van der Waals surface area contributed by atoms with Crippen molar-refractivity contribution in [3.05, 3.63) is 0 Å². The molecule has 0 spiro atoms. The molecule has 0 aliphatic carbocycles. The third-order valence-corrected chi connectivity index (χ3v) is 12.8. The normalized spacial score (nSPS) is 16.2. The molecule has 0 aromatic rings. The van der Waals surface area contributed by atoms with E-state index >= 15 is 0 Å². The fourth-order valence-electron chi connectivity index (χ4n) is 0.114. The fraction of sp³-hybridized carbons (Fsp3) is 0. The van der Waals surface area contributed by atoms with Gasteiger partial charge in [0.2, 0.25) is 6.78 Å². The zero-order chi connectivity index (χ0) is 8.36. The van der Waals surface area contributed by atoms with Crippen LogP contribution in [0.1, 0.15) is 0 Å². The average molecular weight is 301 g/mol. The van der Waals surface area contributed by atoms with Crippen LogP contribution in [0.5, 0.6) is 0 Å². The maximum absolute atomic E-state index is 10.7. The largest absolute Gasteiger partial charge is 0.299 e. The summed E-state index contributed by atoms with van der Waals surface area (Å²) in [5.74, 6) is 0. The molecular weight excluding hydrogens is 300 g/mol. The van der Waals surface area contributed by atoms with E-state index in [1.54, 1.807) is 0 Å². The standard InChI is InChI=1S/Cl5HNOP3/c1-8(2)6-9(3)10(4,5)7/h9H. The van der Waals surface area contributed by atoms with E-state index in [1.807, 2.05) is 0 Å². The second-order valence-electron chi connectivity index (χ2n) is 1.05. The first-order chi connectivity index (χ1) is 4.34. The zero-order valence-corrected chi connectivity index (χ0v) is 10.7. The Kier molecular flexibility index (Phi) is 6.36. The summed E-state index contributed by atoms with van der Waals surface area (Å²) in [7, 11) is 0. The van der Waals surface area contributed by atoms with Gasteiger partial charge in [0.05, 0.1) is 0 Å². The zero-order valence-electron chi connectivity index (χ0n) is 4.14. The molecule has 0 amide bonds. The summed E-state index contributed by atoms with van der Waals surface area (Å²) in [6.07, 6.45) is 0. The summed E-state index contributed by atoms with van der Waals surface area (Å²) in [6, 6.07) is 0. The number of nitrogens with zero attached hydrogens (tertiary/aromatic N) is 1. The Hall–Kier alpha value is 2.34. The molecule has 2 nitrogen and oxygen atoms in total. The first kappa shape index (κ1) is 12.3. The van der Waals surface area contributed by atoms with Crippen LogP contribution in [0.2, 0.25) is 0 Å². The summed E-state index contributed by atoms with van der Waals surface area (Å²) < 4.78 is 14.2. The highest BCUT2D eigenvalue weighted by atomic mass is 35.9. The van der Waals surface area contributed by atoms with Crippen molar-refractivity contribution in [3.63, 3.8) is 0 Å². The first-order valence-corrected chi connectivity index (χ1v) is 11.6. The van der Waals surface area contributed by atoms with Crippen LogP contribution in [0.25, 0.3) is 0 Å². The van der Waals surface area contributed by atoms with E-state index in [-0.39, 0.29) is 0 Å². The minimum absolute atomic E-state index is 1.56. The van der Waals surface area contributed by atoms with Crippen LogP contribution in [-0.2, 0) is 4.57 Å². The Morgan fingerprint density at radius 3 is 1.90 bits per heavy atom. The Labute approximate surface area is 84.0 Å². The molecule has 62 valence electrons. The van der Waals surface area contributed by atoms with Crippen molar-refractivity contribution >= 4 is 75.3 Å². The van der Waals surface area contributed by atoms with E-state index in [0.717, 1.165) is 0 Å². The Balaban J connectivity index is 4.36. The van der Waals surface area contributed by atoms with E-state index in [0.29, 0.717) is 0 Å². The smallest absolute Gasteiger partial charge is 0.282 e. The highest BCUT2D eigenvalue weighted by Crippen LogP contribution is 2.82. The van der Waals surface area contributed by atoms with E-state index in [9.17, 15) is 4.57 Å². The van der Waals surface area contributed by atoms with Gasteiger partial charge in [0.1, 0.15) is 6.75 Å². The number of halogens is 5. The van der Waals surface area contributed by atoms with Gasteiger partial charge in [-0.25, -0.2) is 4.52 Å². The SMILES string of the molecule is O=P(Cl)(Cl)/[PH](Cl)=N/P(Cl)Cl. The minimum Gasteiger partial charge on any atom is -0.282 e. The van der Waals surface area contributed by atoms with Crippen LogP contribution in [0.3, 0.4) is 0 Å². The molecule has 10 heavy (non-hydrogen) atoms. The molecule has 0 saturated carbocycles. The molecule has 0 heterocycles. The van der Waals surface area contributed by atoms with Gasteiger partial charge in [-0.3, -0.25) is 4.57 Å². The Bertz CT molecular complexity index is 181. The van der Waals surface area contributed by atoms with E-state index < -0.39 is 19.1 Å². The van der Waals surface area contributed by atoms with Crippen LogP contribution in [0, 0.1) is 0 Å². The van der Waals surface area contributed by atoms with Crippen molar-refractivity contribution in [2.45, 2.75) is 0 Å². The molecule has 1 atom stereocenters. The minimum atomic E-state index is -3.32. The topological polar surface area (TPSA) is 29.4 Å². The van der Waals surface area contributed by atoms with Crippen molar-refractivity contribution < 1.29 is 4.57 Å². The molecule has 0 rings (SSSR count). The summed E-state index contributed by atoms with van der Waals surface area (Å²) in [5.41, 5.74) is -3.32. The van der Waals surface area contributed by atoms with Gasteiger partial charge in [-0.05, 0) is 22.5 Å². The quantitative estimate of drug-likeness (QED) is 0.590. The maximum Gasteiger partial charge on any atom is 0.299 e. The molecule has 0 bridgehead atoms. The number of hydrogen-bond acceptors (Lipinski definition) is 2. The van der Waals surface area contributed by atoms with Gasteiger partial charge in [-0.2, -0.15) is 0 Å². The van der Waals surface area contributed by atoms with Crippen molar-refractivity contribution in [1.82, 2.24) is 0 Å². The summed E-state index contributed by atoms with van der Waals surface area (Å²) in [6.45, 7) is -3.72. The lowest BCUT2D eigenvalue weighted by Gasteiger charge is -1.98. The van der Waals surface area contributed by atoms with Gasteiger partial charge in [0.15, 0.2) is 0 Å². The molecule has 0 aromatic carbocycles. The number of hydrogen-bond donors (Lipinski definition) is 0. The molecular formula is HCl5NOP3. The van der Waals surface area contributed by atoms with Crippen molar-refractivity contribution in [1.29, 1.82) is 0 Å². The van der Waals surface area contributed by atoms with Crippen LogP contribution in [-0.4, -0.2) is 0 Å². The fourth-order valence-corrected chi connectivity index (χ4v) is 8.28. The lowest BCUT2D eigenvalue weighted by atomic mass is 13.9. The molecule has 1 unspecified atom stereocenters. The molecule has 0 N–H and O–H groups in total. The van der Waals surface area contributed by atoms with Crippen LogP contribution in [0.15, 0.2) is 4.52 Å². The molecule has 0 radical (unpaired) electrons. The van der Waals surface area contributed by atoms with Gasteiger partial charge in [0.25, 0.3) is 5.54 Å². The van der Waals surface area contributed by atoms with Gasteiger partial charge in [-0.1, -0.05) is 33.7 Å². The van der Waals surface area contributed by atoms with Crippen molar-refractivity contribution in [2.24, 2.45) is 4.52 Å². The molecule has 0 aliphatic rings. The summed E-state index contributed by atoms with van der Waals surface area (Å²) >= 11 is 26.2. The molecule has 0 aromatic heterocycles. The third-order valence-electron chi connectivity index (χ3n) is 0.373. The molecule has 10 heteroatoms. The highest BCUT2D eigenvalue weighted by molar-refractivity contribution is 8.57. The first-order valence-electron chi connectivity index (χ1n) is 1.69. The van der Waals surface area contributed by atoms with Gasteiger partial charge >= 0.3 is 0 Å². The maximum atomic E-state index is 10.7. The summed E-state index contributed by atoms with van der Waals surface area (Å²) in [4.78, 5) is 0. The van der Waals surface area contributed by atoms with E-state index in [4.69, 9.17) is 56.2 Å². The average Bonchev–Trinajstić information content (AvgIpc) is 1.60. The predicted octanol–water partition coefficient (Wildman–Crippen LogP) is 5.83. The Morgan fingerprint density at radius 2 is 1.80 bits per heavy atom. The van der Waals surface area contributed by atoms with Crippen LogP contribution < -0.4 is 0 Å². The van der Waals surface area contributed by atoms with E-state index in [2.05, 4.69) is 4.52 Å². The van der Waals surface area contributed by atoms with Gasteiger partial charge < -0.3 is 0 Å². The van der Waals surface area contributed by atoms with Gasteiger partial charge in [-0.15, -0.1) is 0 Å². The predicted molar refractivity (Wildman–Crippen MR) is 54.5 cm³/mol. The number of rotatable bonds is 2. The van der Waals surface area contributed by atoms with E-state index in [1.165, 1.54) is 0 Å². The third kappa shape index (κ3) is 5.92. The second-order valence-corrected chi connectivity index (χ2v) is 16.3. The Morgan fingerprint density at radius 1 is 1.40 bits per heavy atom. The highest BCUT2D eigenvalue weighted by Gasteiger charge is 2.19. The van der Waals surface area contributed by atoms with Crippen molar-refractivity contribution in [3.8, 4) is 0 Å². The van der Waals surface area contributed by atoms with Gasteiger partial charge in [0, 0.05) is 0 Å². The molecule has 0 saturated heterocycles. The van der Waals surface area contributed by atoms with Crippen LogP contribution in [0.4, 0.5) is 0 Å². The van der Waals surface area contributed by atoms with Crippen LogP contribution >= 0.6 is 75.3 Å². The lowest BCUT2D eigenvalue weighted by Crippen LogP contribution is -1.38. The summed E-state index contributed by atoms with van der Waals surface area (Å²) in [5, 5.41) is 0. The molecule has 0 aliphatic heterocycles.